The van der Waals surface area contributed by atoms with Gasteiger partial charge in [-0.1, -0.05) is 6.07 Å². The van der Waals surface area contributed by atoms with E-state index in [1.807, 2.05) is 0 Å². The fourth-order valence-corrected chi connectivity index (χ4v) is 1.71. The van der Waals surface area contributed by atoms with E-state index in [9.17, 15) is 17.6 Å². The molecule has 2 rings (SSSR count). The molecule has 0 aliphatic rings. The van der Waals surface area contributed by atoms with E-state index in [1.165, 1.54) is 24.4 Å². The minimum absolute atomic E-state index is 0.112. The van der Waals surface area contributed by atoms with Crippen LogP contribution < -0.4 is 5.73 Å². The predicted octanol–water partition coefficient (Wildman–Crippen LogP) is 2.55. The van der Waals surface area contributed by atoms with Crippen LogP contribution >= 0.6 is 0 Å². The van der Waals surface area contributed by atoms with Crippen molar-refractivity contribution in [3.63, 3.8) is 0 Å². The lowest BCUT2D eigenvalue weighted by Crippen LogP contribution is -2.10. The second kappa shape index (κ2) is 5.00. The molecule has 0 unspecified atom stereocenters. The van der Waals surface area contributed by atoms with Crippen molar-refractivity contribution in [3.05, 3.63) is 53.1 Å². The summed E-state index contributed by atoms with van der Waals surface area (Å²) in [6.45, 7) is 0.226. The number of alkyl halides is 3. The maximum atomic E-state index is 13.0. The highest BCUT2D eigenvalue weighted by Gasteiger charge is 2.33. The zero-order valence-electron chi connectivity index (χ0n) is 9.78. The molecular formula is C12H11F4N3. The zero-order chi connectivity index (χ0) is 14.0. The lowest BCUT2D eigenvalue weighted by molar-refractivity contribution is -0.141. The highest BCUT2D eigenvalue weighted by atomic mass is 19.4. The molecule has 0 bridgehead atoms. The van der Waals surface area contributed by atoms with Gasteiger partial charge in [-0.3, -0.25) is 4.68 Å². The van der Waals surface area contributed by atoms with Crippen molar-refractivity contribution in [2.45, 2.75) is 19.3 Å². The monoisotopic (exact) mass is 273 g/mol. The van der Waals surface area contributed by atoms with Crippen molar-refractivity contribution in [1.29, 1.82) is 0 Å². The first-order valence-electron chi connectivity index (χ1n) is 5.48. The number of rotatable bonds is 3. The third kappa shape index (κ3) is 3.11. The summed E-state index contributed by atoms with van der Waals surface area (Å²) in [5.41, 5.74) is 5.70. The molecule has 0 atom stereocenters. The van der Waals surface area contributed by atoms with Gasteiger partial charge < -0.3 is 5.73 Å². The van der Waals surface area contributed by atoms with Crippen LogP contribution in [0.4, 0.5) is 17.6 Å². The van der Waals surface area contributed by atoms with Crippen LogP contribution in [0.1, 0.15) is 16.8 Å². The topological polar surface area (TPSA) is 43.8 Å². The van der Waals surface area contributed by atoms with E-state index in [-0.39, 0.29) is 13.1 Å². The van der Waals surface area contributed by atoms with Gasteiger partial charge in [-0.15, -0.1) is 0 Å². The fraction of sp³-hybridized carbons (Fsp3) is 0.250. The van der Waals surface area contributed by atoms with E-state index in [0.29, 0.717) is 11.1 Å². The lowest BCUT2D eigenvalue weighted by atomic mass is 10.1. The van der Waals surface area contributed by atoms with E-state index in [4.69, 9.17) is 5.73 Å². The molecule has 0 aliphatic carbocycles. The summed E-state index contributed by atoms with van der Waals surface area (Å²) in [7, 11) is 0. The number of benzene rings is 1. The molecule has 0 amide bonds. The third-order valence-corrected chi connectivity index (χ3v) is 2.65. The molecule has 0 saturated heterocycles. The largest absolute Gasteiger partial charge is 0.435 e. The average Bonchev–Trinajstić information content (AvgIpc) is 2.79. The molecule has 1 aromatic heterocycles. The van der Waals surface area contributed by atoms with Gasteiger partial charge in [0.25, 0.3) is 0 Å². The van der Waals surface area contributed by atoms with Gasteiger partial charge in [0.1, 0.15) is 5.82 Å². The Bertz CT molecular complexity index is 575. The van der Waals surface area contributed by atoms with Crippen LogP contribution in [0.15, 0.2) is 30.5 Å². The number of halogens is 4. The third-order valence-electron chi connectivity index (χ3n) is 2.65. The van der Waals surface area contributed by atoms with Crippen molar-refractivity contribution >= 4 is 0 Å². The van der Waals surface area contributed by atoms with Crippen LogP contribution in [0.5, 0.6) is 0 Å². The number of hydrogen-bond acceptors (Lipinski definition) is 2. The van der Waals surface area contributed by atoms with Crippen molar-refractivity contribution in [1.82, 2.24) is 9.78 Å². The lowest BCUT2D eigenvalue weighted by Gasteiger charge is -2.08. The molecular weight excluding hydrogens is 262 g/mol. The Hall–Kier alpha value is -1.89. The molecule has 7 heteroatoms. The van der Waals surface area contributed by atoms with Crippen LogP contribution in [-0.4, -0.2) is 9.78 Å². The smallest absolute Gasteiger partial charge is 0.326 e. The van der Waals surface area contributed by atoms with E-state index in [2.05, 4.69) is 5.10 Å². The normalized spacial score (nSPS) is 11.8. The van der Waals surface area contributed by atoms with Gasteiger partial charge in [0, 0.05) is 12.7 Å². The molecule has 102 valence electrons. The van der Waals surface area contributed by atoms with E-state index in [1.54, 1.807) is 0 Å². The molecule has 3 nitrogen and oxygen atoms in total. The summed E-state index contributed by atoms with van der Waals surface area (Å²) in [6.07, 6.45) is -3.24. The van der Waals surface area contributed by atoms with Crippen molar-refractivity contribution in [2.75, 3.05) is 0 Å². The van der Waals surface area contributed by atoms with Crippen LogP contribution in [0.3, 0.4) is 0 Å². The minimum Gasteiger partial charge on any atom is -0.326 e. The van der Waals surface area contributed by atoms with Gasteiger partial charge >= 0.3 is 6.18 Å². The van der Waals surface area contributed by atoms with E-state index >= 15 is 0 Å². The maximum Gasteiger partial charge on any atom is 0.435 e. The average molecular weight is 273 g/mol. The standard InChI is InChI=1S/C12H11F4N3/c13-10-2-1-8(9(5-10)6-17)7-19-4-3-11(18-19)12(14,15)16/h1-5H,6-7,17H2. The van der Waals surface area contributed by atoms with Crippen molar-refractivity contribution < 1.29 is 17.6 Å². The first-order chi connectivity index (χ1) is 8.90. The molecule has 0 fully saturated rings. The van der Waals surface area contributed by atoms with Crippen LogP contribution in [0.25, 0.3) is 0 Å². The minimum atomic E-state index is -4.47. The molecule has 0 saturated carbocycles. The van der Waals surface area contributed by atoms with Gasteiger partial charge in [0.15, 0.2) is 5.69 Å². The number of aromatic nitrogens is 2. The summed E-state index contributed by atoms with van der Waals surface area (Å²) in [5.74, 6) is -0.430. The SMILES string of the molecule is NCc1cc(F)ccc1Cn1ccc(C(F)(F)F)n1. The second-order valence-electron chi connectivity index (χ2n) is 4.01. The Balaban J connectivity index is 2.24. The summed E-state index contributed by atoms with van der Waals surface area (Å²) >= 11 is 0. The molecule has 0 spiro atoms. The molecule has 19 heavy (non-hydrogen) atoms. The number of nitrogens with zero attached hydrogens (tertiary/aromatic N) is 2. The molecule has 2 aromatic rings. The van der Waals surface area contributed by atoms with Crippen LogP contribution in [0, 0.1) is 5.82 Å². The Morgan fingerprint density at radius 2 is 1.89 bits per heavy atom. The second-order valence-corrected chi connectivity index (χ2v) is 4.01. The predicted molar refractivity (Wildman–Crippen MR) is 60.6 cm³/mol. The van der Waals surface area contributed by atoms with Gasteiger partial charge in [0.2, 0.25) is 0 Å². The fourth-order valence-electron chi connectivity index (χ4n) is 1.71. The summed E-state index contributed by atoms with van der Waals surface area (Å²) in [4.78, 5) is 0. The summed E-state index contributed by atoms with van der Waals surface area (Å²) in [6, 6.07) is 4.89. The van der Waals surface area contributed by atoms with Gasteiger partial charge in [0.05, 0.1) is 6.54 Å². The molecule has 1 aromatic carbocycles. The quantitative estimate of drug-likeness (QED) is 0.873. The molecule has 2 N–H and O–H groups in total. The number of nitrogens with two attached hydrogens (primary N) is 1. The Morgan fingerprint density at radius 1 is 1.16 bits per heavy atom. The van der Waals surface area contributed by atoms with E-state index in [0.717, 1.165) is 10.7 Å². The van der Waals surface area contributed by atoms with E-state index < -0.39 is 17.7 Å². The van der Waals surface area contributed by atoms with Crippen LogP contribution in [0.2, 0.25) is 0 Å². The first kappa shape index (κ1) is 13.5. The van der Waals surface area contributed by atoms with Crippen molar-refractivity contribution in [2.24, 2.45) is 5.73 Å². The van der Waals surface area contributed by atoms with Gasteiger partial charge in [-0.05, 0) is 29.3 Å². The number of hydrogen-bond donors (Lipinski definition) is 1. The molecule has 1 heterocycles. The Labute approximate surface area is 106 Å². The summed E-state index contributed by atoms with van der Waals surface area (Å²) in [5, 5.41) is 3.43. The summed E-state index contributed by atoms with van der Waals surface area (Å²) < 4.78 is 51.3. The zero-order valence-corrected chi connectivity index (χ0v) is 9.78. The van der Waals surface area contributed by atoms with Crippen LogP contribution in [-0.2, 0) is 19.3 Å². The highest BCUT2D eigenvalue weighted by Crippen LogP contribution is 2.27. The molecule has 0 radical (unpaired) electrons. The molecule has 0 aliphatic heterocycles. The Morgan fingerprint density at radius 3 is 2.47 bits per heavy atom. The van der Waals surface area contributed by atoms with Gasteiger partial charge in [-0.25, -0.2) is 4.39 Å². The van der Waals surface area contributed by atoms with Gasteiger partial charge in [-0.2, -0.15) is 18.3 Å². The maximum absolute atomic E-state index is 13.0. The highest BCUT2D eigenvalue weighted by molar-refractivity contribution is 5.28. The first-order valence-corrected chi connectivity index (χ1v) is 5.48. The van der Waals surface area contributed by atoms with Crippen molar-refractivity contribution in [3.8, 4) is 0 Å². The Kier molecular flexibility index (Phi) is 3.57.